The van der Waals surface area contributed by atoms with Crippen LogP contribution in [0.4, 0.5) is 11.4 Å². The summed E-state index contributed by atoms with van der Waals surface area (Å²) in [4.78, 5) is 62.6. The third-order valence-electron chi connectivity index (χ3n) is 5.61. The number of Topliss-reactive ketones (excluding diaryl/α,β-unsaturated/α-hetero) is 1. The van der Waals surface area contributed by atoms with E-state index in [1.54, 1.807) is 42.5 Å². The quantitative estimate of drug-likeness (QED) is 0.304. The minimum absolute atomic E-state index is 0.0801. The molecule has 0 saturated heterocycles. The standard InChI is InChI=1S/C27H22N2O7/c1-15(30)17-5-11-24(35-3)19(12-17)14-36-27(34)18-4-10-22-23(13-18)26(33)29(25(22)32)21-8-6-20(7-9-21)28-16(2)31/h4-13H,14H2,1-3H3,(H,28,31). The number of hydrogen-bond acceptors (Lipinski definition) is 7. The Bertz CT molecular complexity index is 1410. The molecule has 1 N–H and O–H groups in total. The number of benzene rings is 3. The van der Waals surface area contributed by atoms with Gasteiger partial charge in [0.25, 0.3) is 11.8 Å². The van der Waals surface area contributed by atoms with E-state index in [-0.39, 0.29) is 35.0 Å². The highest BCUT2D eigenvalue weighted by atomic mass is 16.5. The Morgan fingerprint density at radius 2 is 1.50 bits per heavy atom. The second-order valence-corrected chi connectivity index (χ2v) is 8.09. The van der Waals surface area contributed by atoms with Crippen LogP contribution in [0.25, 0.3) is 0 Å². The fourth-order valence-electron chi connectivity index (χ4n) is 3.84. The van der Waals surface area contributed by atoms with Crippen molar-refractivity contribution < 1.29 is 33.4 Å². The van der Waals surface area contributed by atoms with Crippen LogP contribution in [0.5, 0.6) is 5.75 Å². The first-order valence-electron chi connectivity index (χ1n) is 10.9. The Morgan fingerprint density at radius 3 is 2.14 bits per heavy atom. The number of anilines is 2. The Hall–Kier alpha value is -4.79. The molecule has 36 heavy (non-hydrogen) atoms. The molecule has 0 aliphatic carbocycles. The smallest absolute Gasteiger partial charge is 0.338 e. The summed E-state index contributed by atoms with van der Waals surface area (Å²) in [7, 11) is 1.47. The predicted octanol–water partition coefficient (Wildman–Crippen LogP) is 4.01. The number of nitrogens with one attached hydrogen (secondary N) is 1. The molecule has 0 saturated carbocycles. The average molecular weight is 486 g/mol. The lowest BCUT2D eigenvalue weighted by molar-refractivity contribution is -0.114. The molecule has 9 nitrogen and oxygen atoms in total. The van der Waals surface area contributed by atoms with E-state index in [0.29, 0.717) is 28.3 Å². The van der Waals surface area contributed by atoms with Crippen molar-refractivity contribution >= 4 is 40.8 Å². The van der Waals surface area contributed by atoms with Crippen LogP contribution in [0.3, 0.4) is 0 Å². The average Bonchev–Trinajstić information content (AvgIpc) is 3.11. The van der Waals surface area contributed by atoms with E-state index in [0.717, 1.165) is 4.90 Å². The van der Waals surface area contributed by atoms with Crippen molar-refractivity contribution in [2.45, 2.75) is 20.5 Å². The van der Waals surface area contributed by atoms with E-state index in [1.807, 2.05) is 0 Å². The topological polar surface area (TPSA) is 119 Å². The van der Waals surface area contributed by atoms with Crippen molar-refractivity contribution in [2.24, 2.45) is 0 Å². The summed E-state index contributed by atoms with van der Waals surface area (Å²) in [5, 5.41) is 2.62. The summed E-state index contributed by atoms with van der Waals surface area (Å²) in [6.07, 6.45) is 0. The molecule has 182 valence electrons. The number of carbonyl (C=O) groups is 5. The molecule has 1 heterocycles. The monoisotopic (exact) mass is 486 g/mol. The predicted molar refractivity (Wildman–Crippen MR) is 130 cm³/mol. The Balaban J connectivity index is 1.52. The highest BCUT2D eigenvalue weighted by Gasteiger charge is 2.37. The van der Waals surface area contributed by atoms with E-state index < -0.39 is 17.8 Å². The van der Waals surface area contributed by atoms with Crippen LogP contribution < -0.4 is 15.0 Å². The minimum Gasteiger partial charge on any atom is -0.496 e. The summed E-state index contributed by atoms with van der Waals surface area (Å²) < 4.78 is 10.7. The third kappa shape index (κ3) is 4.72. The largest absolute Gasteiger partial charge is 0.496 e. The lowest BCUT2D eigenvalue weighted by Crippen LogP contribution is -2.29. The molecule has 0 aromatic heterocycles. The fraction of sp³-hybridized carbons (Fsp3) is 0.148. The van der Waals surface area contributed by atoms with Crippen LogP contribution >= 0.6 is 0 Å². The van der Waals surface area contributed by atoms with E-state index >= 15 is 0 Å². The van der Waals surface area contributed by atoms with Gasteiger partial charge in [-0.15, -0.1) is 0 Å². The van der Waals surface area contributed by atoms with E-state index in [9.17, 15) is 24.0 Å². The van der Waals surface area contributed by atoms with Crippen molar-refractivity contribution in [3.05, 3.63) is 88.5 Å². The second kappa shape index (κ2) is 9.83. The normalized spacial score (nSPS) is 12.2. The molecule has 3 amide bonds. The number of fused-ring (bicyclic) bond motifs is 1. The van der Waals surface area contributed by atoms with Gasteiger partial charge in [0.1, 0.15) is 12.4 Å². The molecule has 0 atom stereocenters. The zero-order chi connectivity index (χ0) is 26.0. The van der Waals surface area contributed by atoms with Crippen molar-refractivity contribution in [3.63, 3.8) is 0 Å². The maximum absolute atomic E-state index is 13.0. The zero-order valence-electron chi connectivity index (χ0n) is 19.8. The number of methoxy groups -OCH3 is 1. The third-order valence-corrected chi connectivity index (χ3v) is 5.61. The van der Waals surface area contributed by atoms with Gasteiger partial charge in [-0.25, -0.2) is 9.69 Å². The first-order valence-corrected chi connectivity index (χ1v) is 10.9. The first kappa shape index (κ1) is 24.3. The summed E-state index contributed by atoms with van der Waals surface area (Å²) in [6, 6.07) is 15.2. The number of esters is 1. The van der Waals surface area contributed by atoms with Crippen molar-refractivity contribution in [1.29, 1.82) is 0 Å². The van der Waals surface area contributed by atoms with Crippen LogP contribution in [-0.4, -0.2) is 36.6 Å². The molecule has 1 aliphatic heterocycles. The van der Waals surface area contributed by atoms with Crippen molar-refractivity contribution in [1.82, 2.24) is 0 Å². The van der Waals surface area contributed by atoms with Gasteiger partial charge in [0, 0.05) is 23.7 Å². The van der Waals surface area contributed by atoms with Gasteiger partial charge in [0.2, 0.25) is 5.91 Å². The van der Waals surface area contributed by atoms with Gasteiger partial charge in [-0.05, 0) is 67.6 Å². The van der Waals surface area contributed by atoms with Crippen molar-refractivity contribution in [3.8, 4) is 5.75 Å². The number of amides is 3. The second-order valence-electron chi connectivity index (χ2n) is 8.09. The van der Waals surface area contributed by atoms with Crippen LogP contribution in [-0.2, 0) is 16.1 Å². The molecule has 3 aromatic carbocycles. The number of imide groups is 1. The van der Waals surface area contributed by atoms with Gasteiger partial charge in [-0.2, -0.15) is 0 Å². The number of ketones is 1. The summed E-state index contributed by atoms with van der Waals surface area (Å²) in [5.41, 5.74) is 2.16. The number of rotatable bonds is 7. The van der Waals surface area contributed by atoms with Crippen molar-refractivity contribution in [2.75, 3.05) is 17.3 Å². The number of ether oxygens (including phenoxy) is 2. The maximum Gasteiger partial charge on any atom is 0.338 e. The van der Waals surface area contributed by atoms with Gasteiger partial charge < -0.3 is 14.8 Å². The molecule has 4 rings (SSSR count). The molecule has 9 heteroatoms. The minimum atomic E-state index is -0.702. The lowest BCUT2D eigenvalue weighted by atomic mass is 10.1. The van der Waals surface area contributed by atoms with E-state index in [4.69, 9.17) is 9.47 Å². The van der Waals surface area contributed by atoms with Gasteiger partial charge in [-0.3, -0.25) is 19.2 Å². The van der Waals surface area contributed by atoms with Gasteiger partial charge >= 0.3 is 5.97 Å². The molecular formula is C27H22N2O7. The molecule has 0 unspecified atom stereocenters. The van der Waals surface area contributed by atoms with E-state index in [2.05, 4.69) is 5.32 Å². The number of nitrogens with zero attached hydrogens (tertiary/aromatic N) is 1. The van der Waals surface area contributed by atoms with E-state index in [1.165, 1.54) is 39.2 Å². The van der Waals surface area contributed by atoms with Gasteiger partial charge in [0.15, 0.2) is 5.78 Å². The SMILES string of the molecule is COc1ccc(C(C)=O)cc1COC(=O)c1ccc2c(c1)C(=O)N(c1ccc(NC(C)=O)cc1)C2=O. The Morgan fingerprint density at radius 1 is 0.833 bits per heavy atom. The fourth-order valence-corrected chi connectivity index (χ4v) is 3.84. The highest BCUT2D eigenvalue weighted by Crippen LogP contribution is 2.30. The van der Waals surface area contributed by atoms with Crippen LogP contribution in [0.15, 0.2) is 60.7 Å². The Kier molecular flexibility index (Phi) is 6.64. The number of hydrogen-bond donors (Lipinski definition) is 1. The van der Waals surface area contributed by atoms with Crippen LogP contribution in [0.1, 0.15) is 60.8 Å². The number of carbonyl (C=O) groups excluding carboxylic acids is 5. The zero-order valence-corrected chi connectivity index (χ0v) is 19.8. The lowest BCUT2D eigenvalue weighted by Gasteiger charge is -2.14. The maximum atomic E-state index is 13.0. The van der Waals surface area contributed by atoms with Gasteiger partial charge in [0.05, 0.1) is 29.5 Å². The molecule has 0 fully saturated rings. The van der Waals surface area contributed by atoms with Gasteiger partial charge in [-0.1, -0.05) is 0 Å². The Labute approximate surface area is 206 Å². The first-order chi connectivity index (χ1) is 17.2. The van der Waals surface area contributed by atoms with Crippen LogP contribution in [0.2, 0.25) is 0 Å². The molecular weight excluding hydrogens is 464 g/mol. The summed E-state index contributed by atoms with van der Waals surface area (Å²) in [5.74, 6) is -1.72. The molecule has 0 bridgehead atoms. The summed E-state index contributed by atoms with van der Waals surface area (Å²) in [6.45, 7) is 2.65. The highest BCUT2D eigenvalue weighted by molar-refractivity contribution is 6.34. The van der Waals surface area contributed by atoms with Crippen LogP contribution in [0, 0.1) is 0 Å². The molecule has 3 aromatic rings. The molecule has 0 spiro atoms. The molecule has 0 radical (unpaired) electrons. The summed E-state index contributed by atoms with van der Waals surface area (Å²) >= 11 is 0. The molecule has 1 aliphatic rings.